The highest BCUT2D eigenvalue weighted by atomic mass is 35.5. The summed E-state index contributed by atoms with van der Waals surface area (Å²) in [6, 6.07) is 9.54. The number of phenols is 1. The van der Waals surface area contributed by atoms with Gasteiger partial charge in [0.25, 0.3) is 0 Å². The fourth-order valence-corrected chi connectivity index (χ4v) is 2.36. The minimum Gasteiger partial charge on any atom is -0.508 e. The predicted molar refractivity (Wildman–Crippen MR) is 74.3 cm³/mol. The maximum atomic E-state index is 11.2. The minimum atomic E-state index is -1.06. The highest BCUT2D eigenvalue weighted by Crippen LogP contribution is 2.28. The number of aromatic carboxylic acids is 1. The first-order chi connectivity index (χ1) is 9.58. The third kappa shape index (κ3) is 1.88. The molecular formula is C14H9ClN2O3. The van der Waals surface area contributed by atoms with E-state index in [1.54, 1.807) is 28.8 Å². The van der Waals surface area contributed by atoms with Gasteiger partial charge >= 0.3 is 5.97 Å². The number of rotatable bonds is 2. The van der Waals surface area contributed by atoms with E-state index >= 15 is 0 Å². The summed E-state index contributed by atoms with van der Waals surface area (Å²) in [7, 11) is 0. The van der Waals surface area contributed by atoms with Crippen molar-refractivity contribution < 1.29 is 15.0 Å². The van der Waals surface area contributed by atoms with Gasteiger partial charge in [0, 0.05) is 11.8 Å². The van der Waals surface area contributed by atoms with Gasteiger partial charge in [-0.3, -0.25) is 4.40 Å². The number of hydrogen-bond acceptors (Lipinski definition) is 3. The summed E-state index contributed by atoms with van der Waals surface area (Å²) >= 11 is 6.06. The summed E-state index contributed by atoms with van der Waals surface area (Å²) in [6.07, 6.45) is 1.70. The van der Waals surface area contributed by atoms with Gasteiger partial charge in [0.1, 0.15) is 11.6 Å². The van der Waals surface area contributed by atoms with Gasteiger partial charge in [-0.2, -0.15) is 0 Å². The molecule has 2 N–H and O–H groups in total. The molecule has 0 fully saturated rings. The van der Waals surface area contributed by atoms with E-state index in [2.05, 4.69) is 4.98 Å². The van der Waals surface area contributed by atoms with Crippen molar-refractivity contribution in [2.45, 2.75) is 0 Å². The number of halogens is 1. The van der Waals surface area contributed by atoms with Crippen LogP contribution < -0.4 is 0 Å². The maximum Gasteiger partial charge on any atom is 0.337 e. The molecular weight excluding hydrogens is 280 g/mol. The van der Waals surface area contributed by atoms with Crippen molar-refractivity contribution in [3.63, 3.8) is 0 Å². The lowest BCUT2D eigenvalue weighted by molar-refractivity contribution is 0.0698. The Balaban J connectivity index is 2.31. The molecule has 0 aliphatic heterocycles. The number of imidazole rings is 1. The zero-order valence-corrected chi connectivity index (χ0v) is 10.9. The number of carboxylic acid groups (broad SMARTS) is 1. The Bertz CT molecular complexity index is 809. The number of phenolic OH excluding ortho intramolecular Hbond substituents is 1. The molecule has 0 aliphatic rings. The summed E-state index contributed by atoms with van der Waals surface area (Å²) in [5.74, 6) is -0.394. The molecule has 0 spiro atoms. The molecule has 0 amide bonds. The van der Waals surface area contributed by atoms with Crippen LogP contribution in [0.3, 0.4) is 0 Å². The standard InChI is InChI=1S/C14H9ClN2O3/c15-12-11-10(14(19)20)2-1-7-17(11)13(16-12)8-3-5-9(18)6-4-8/h1-7,18H,(H,19,20). The van der Waals surface area contributed by atoms with Crippen molar-refractivity contribution in [3.8, 4) is 17.1 Å². The van der Waals surface area contributed by atoms with Gasteiger partial charge in [-0.05, 0) is 36.4 Å². The van der Waals surface area contributed by atoms with Gasteiger partial charge in [0.05, 0.1) is 11.1 Å². The molecule has 3 aromatic rings. The van der Waals surface area contributed by atoms with Crippen LogP contribution >= 0.6 is 11.6 Å². The average molecular weight is 289 g/mol. The quantitative estimate of drug-likeness (QED) is 0.760. The van der Waals surface area contributed by atoms with Crippen LogP contribution in [0.1, 0.15) is 10.4 Å². The van der Waals surface area contributed by atoms with Crippen molar-refractivity contribution >= 4 is 23.1 Å². The summed E-state index contributed by atoms with van der Waals surface area (Å²) < 4.78 is 1.62. The van der Waals surface area contributed by atoms with Crippen LogP contribution in [0.4, 0.5) is 0 Å². The second-order valence-corrected chi connectivity index (χ2v) is 4.58. The Morgan fingerprint density at radius 1 is 1.20 bits per heavy atom. The predicted octanol–water partition coefficient (Wildman–Crippen LogP) is 3.06. The molecule has 6 heteroatoms. The van der Waals surface area contributed by atoms with Crippen LogP contribution in [-0.2, 0) is 0 Å². The highest BCUT2D eigenvalue weighted by Gasteiger charge is 2.17. The molecule has 0 saturated carbocycles. The first-order valence-electron chi connectivity index (χ1n) is 5.77. The lowest BCUT2D eigenvalue weighted by Crippen LogP contribution is -2.00. The normalized spacial score (nSPS) is 10.8. The lowest BCUT2D eigenvalue weighted by atomic mass is 10.2. The summed E-state index contributed by atoms with van der Waals surface area (Å²) in [5.41, 5.74) is 1.17. The molecule has 3 rings (SSSR count). The van der Waals surface area contributed by atoms with Gasteiger partial charge in [-0.25, -0.2) is 9.78 Å². The van der Waals surface area contributed by atoms with E-state index in [0.717, 1.165) is 5.56 Å². The van der Waals surface area contributed by atoms with Crippen molar-refractivity contribution in [3.05, 3.63) is 53.3 Å². The molecule has 0 atom stereocenters. The minimum absolute atomic E-state index is 0.0926. The van der Waals surface area contributed by atoms with Crippen molar-refractivity contribution in [2.75, 3.05) is 0 Å². The van der Waals surface area contributed by atoms with E-state index in [4.69, 9.17) is 11.6 Å². The number of carboxylic acids is 1. The summed E-state index contributed by atoms with van der Waals surface area (Å²) in [6.45, 7) is 0. The molecule has 5 nitrogen and oxygen atoms in total. The zero-order valence-electron chi connectivity index (χ0n) is 10.1. The third-order valence-electron chi connectivity index (χ3n) is 2.98. The van der Waals surface area contributed by atoms with Gasteiger partial charge < -0.3 is 10.2 Å². The van der Waals surface area contributed by atoms with E-state index in [1.165, 1.54) is 18.2 Å². The summed E-state index contributed by atoms with van der Waals surface area (Å²) in [5, 5.41) is 18.6. The Morgan fingerprint density at radius 2 is 1.90 bits per heavy atom. The molecule has 20 heavy (non-hydrogen) atoms. The molecule has 0 saturated heterocycles. The van der Waals surface area contributed by atoms with Crippen LogP contribution in [0.2, 0.25) is 5.15 Å². The summed E-state index contributed by atoms with van der Waals surface area (Å²) in [4.78, 5) is 15.4. The molecule has 0 aliphatic carbocycles. The smallest absolute Gasteiger partial charge is 0.337 e. The molecule has 100 valence electrons. The number of pyridine rings is 1. The van der Waals surface area contributed by atoms with Crippen molar-refractivity contribution in [1.82, 2.24) is 9.38 Å². The van der Waals surface area contributed by atoms with Gasteiger partial charge in [0.2, 0.25) is 0 Å². The fourth-order valence-electron chi connectivity index (χ4n) is 2.08. The average Bonchev–Trinajstić information content (AvgIpc) is 2.77. The highest BCUT2D eigenvalue weighted by molar-refractivity contribution is 6.33. The van der Waals surface area contributed by atoms with Gasteiger partial charge in [-0.1, -0.05) is 11.6 Å². The van der Waals surface area contributed by atoms with Crippen LogP contribution in [0, 0.1) is 0 Å². The number of aromatic hydroxyl groups is 1. The molecule has 0 bridgehead atoms. The van der Waals surface area contributed by atoms with Crippen molar-refractivity contribution in [1.29, 1.82) is 0 Å². The van der Waals surface area contributed by atoms with Gasteiger partial charge in [-0.15, -0.1) is 0 Å². The Labute approximate surface area is 118 Å². The maximum absolute atomic E-state index is 11.2. The largest absolute Gasteiger partial charge is 0.508 e. The Kier molecular flexibility index (Phi) is 2.84. The molecule has 0 radical (unpaired) electrons. The number of hydrogen-bond donors (Lipinski definition) is 2. The van der Waals surface area contributed by atoms with E-state index in [1.807, 2.05) is 0 Å². The van der Waals surface area contributed by atoms with Crippen LogP contribution in [0.15, 0.2) is 42.6 Å². The van der Waals surface area contributed by atoms with E-state index in [-0.39, 0.29) is 16.5 Å². The third-order valence-corrected chi connectivity index (χ3v) is 3.24. The molecule has 1 aromatic carbocycles. The lowest BCUT2D eigenvalue weighted by Gasteiger charge is -2.03. The first-order valence-corrected chi connectivity index (χ1v) is 6.15. The Morgan fingerprint density at radius 3 is 2.55 bits per heavy atom. The number of fused-ring (bicyclic) bond motifs is 1. The zero-order chi connectivity index (χ0) is 14.3. The first kappa shape index (κ1) is 12.5. The number of benzene rings is 1. The topological polar surface area (TPSA) is 74.8 Å². The monoisotopic (exact) mass is 288 g/mol. The second kappa shape index (κ2) is 4.54. The second-order valence-electron chi connectivity index (χ2n) is 4.22. The molecule has 2 aromatic heterocycles. The Hall–Kier alpha value is -2.53. The SMILES string of the molecule is O=C(O)c1cccn2c(-c3ccc(O)cc3)nc(Cl)c12. The van der Waals surface area contributed by atoms with E-state index in [0.29, 0.717) is 11.3 Å². The van der Waals surface area contributed by atoms with Crippen LogP contribution in [0.5, 0.6) is 5.75 Å². The van der Waals surface area contributed by atoms with E-state index < -0.39 is 5.97 Å². The van der Waals surface area contributed by atoms with Gasteiger partial charge in [0.15, 0.2) is 5.15 Å². The molecule has 2 heterocycles. The van der Waals surface area contributed by atoms with Crippen LogP contribution in [-0.4, -0.2) is 25.6 Å². The number of nitrogens with zero attached hydrogens (tertiary/aromatic N) is 2. The fraction of sp³-hybridized carbons (Fsp3) is 0. The number of aromatic nitrogens is 2. The van der Waals surface area contributed by atoms with E-state index in [9.17, 15) is 15.0 Å². The van der Waals surface area contributed by atoms with Crippen LogP contribution in [0.25, 0.3) is 16.9 Å². The van der Waals surface area contributed by atoms with Crippen molar-refractivity contribution in [2.24, 2.45) is 0 Å². The molecule has 0 unspecified atom stereocenters. The number of carbonyl (C=O) groups is 1.